The minimum absolute atomic E-state index is 0.00415. The summed E-state index contributed by atoms with van der Waals surface area (Å²) in [7, 11) is 1.59. The number of rotatable bonds is 6. The number of methoxy groups -OCH3 is 1. The molecule has 2 amide bonds. The van der Waals surface area contributed by atoms with E-state index < -0.39 is 17.8 Å². The highest BCUT2D eigenvalue weighted by molar-refractivity contribution is 6.04. The molecule has 4 rings (SSSR count). The van der Waals surface area contributed by atoms with Crippen molar-refractivity contribution in [1.29, 1.82) is 0 Å². The number of alkyl halides is 3. The lowest BCUT2D eigenvalue weighted by molar-refractivity contribution is -0.137. The van der Waals surface area contributed by atoms with Crippen molar-refractivity contribution in [3.8, 4) is 11.5 Å². The molecule has 170 valence electrons. The lowest BCUT2D eigenvalue weighted by Gasteiger charge is -2.10. The second kappa shape index (κ2) is 9.11. The van der Waals surface area contributed by atoms with Gasteiger partial charge in [0.2, 0.25) is 0 Å². The van der Waals surface area contributed by atoms with E-state index in [1.54, 1.807) is 25.3 Å². The molecule has 1 heterocycles. The summed E-state index contributed by atoms with van der Waals surface area (Å²) < 4.78 is 49.7. The standard InChI is InChI=1S/C23H19F3N4O3/c1-32-17-7-2-4-14(10-17)13-33-18-8-9-20-19(12-18)21(30-29-20)28-22(31)27-16-6-3-5-15(11-16)23(24,25)26/h2-12H,13H2,1H3,(H3,27,28,29,30,31). The number of anilines is 2. The zero-order chi connectivity index (χ0) is 23.4. The largest absolute Gasteiger partial charge is 0.497 e. The quantitative estimate of drug-likeness (QED) is 0.342. The average Bonchev–Trinajstić information content (AvgIpc) is 3.19. The lowest BCUT2D eigenvalue weighted by Crippen LogP contribution is -2.20. The smallest absolute Gasteiger partial charge is 0.416 e. The first kappa shape index (κ1) is 22.0. The van der Waals surface area contributed by atoms with Gasteiger partial charge in [0, 0.05) is 11.1 Å². The number of halogens is 3. The number of urea groups is 1. The van der Waals surface area contributed by atoms with E-state index in [4.69, 9.17) is 9.47 Å². The predicted molar refractivity (Wildman–Crippen MR) is 118 cm³/mol. The van der Waals surface area contributed by atoms with Crippen LogP contribution in [0.3, 0.4) is 0 Å². The fourth-order valence-corrected chi connectivity index (χ4v) is 3.15. The summed E-state index contributed by atoms with van der Waals surface area (Å²) >= 11 is 0. The molecule has 0 saturated heterocycles. The number of hydrogen-bond donors (Lipinski definition) is 3. The summed E-state index contributed by atoms with van der Waals surface area (Å²) in [5.41, 5.74) is 0.714. The second-order valence-electron chi connectivity index (χ2n) is 7.08. The maximum absolute atomic E-state index is 12.9. The number of aromatic nitrogens is 2. The average molecular weight is 456 g/mol. The molecule has 0 aliphatic heterocycles. The summed E-state index contributed by atoms with van der Waals surface area (Å²) in [5, 5.41) is 12.4. The normalized spacial score (nSPS) is 11.3. The van der Waals surface area contributed by atoms with E-state index in [-0.39, 0.29) is 11.5 Å². The fraction of sp³-hybridized carbons (Fsp3) is 0.130. The Hall–Kier alpha value is -4.21. The van der Waals surface area contributed by atoms with Crippen molar-refractivity contribution >= 4 is 28.4 Å². The van der Waals surface area contributed by atoms with E-state index >= 15 is 0 Å². The van der Waals surface area contributed by atoms with E-state index in [0.717, 1.165) is 23.4 Å². The van der Waals surface area contributed by atoms with Crippen LogP contribution in [0, 0.1) is 0 Å². The molecule has 0 fully saturated rings. The minimum atomic E-state index is -4.51. The fourth-order valence-electron chi connectivity index (χ4n) is 3.15. The number of carbonyl (C=O) groups is 1. The van der Waals surface area contributed by atoms with Crippen LogP contribution >= 0.6 is 0 Å². The van der Waals surface area contributed by atoms with Gasteiger partial charge in [0.15, 0.2) is 5.82 Å². The van der Waals surface area contributed by atoms with Crippen molar-refractivity contribution in [3.63, 3.8) is 0 Å². The summed E-state index contributed by atoms with van der Waals surface area (Å²) in [4.78, 5) is 12.3. The van der Waals surface area contributed by atoms with Crippen LogP contribution in [0.15, 0.2) is 66.7 Å². The first-order chi connectivity index (χ1) is 15.8. The van der Waals surface area contributed by atoms with E-state index in [2.05, 4.69) is 20.8 Å². The Balaban J connectivity index is 1.45. The van der Waals surface area contributed by atoms with Crippen LogP contribution in [0.25, 0.3) is 10.9 Å². The number of fused-ring (bicyclic) bond motifs is 1. The molecule has 33 heavy (non-hydrogen) atoms. The van der Waals surface area contributed by atoms with Gasteiger partial charge < -0.3 is 14.8 Å². The number of hydrogen-bond acceptors (Lipinski definition) is 4. The van der Waals surface area contributed by atoms with Crippen molar-refractivity contribution < 1.29 is 27.4 Å². The van der Waals surface area contributed by atoms with Gasteiger partial charge in [-0.05, 0) is 54.1 Å². The van der Waals surface area contributed by atoms with Crippen molar-refractivity contribution in [2.45, 2.75) is 12.8 Å². The van der Waals surface area contributed by atoms with Crippen LogP contribution in [-0.4, -0.2) is 23.3 Å². The Morgan fingerprint density at radius 3 is 2.61 bits per heavy atom. The molecule has 0 saturated carbocycles. The molecule has 0 spiro atoms. The number of amides is 2. The number of H-pyrrole nitrogens is 1. The van der Waals surface area contributed by atoms with Gasteiger partial charge in [-0.3, -0.25) is 10.4 Å². The van der Waals surface area contributed by atoms with Crippen LogP contribution in [0.5, 0.6) is 11.5 Å². The third kappa shape index (κ3) is 5.35. The minimum Gasteiger partial charge on any atom is -0.497 e. The molecule has 1 aromatic heterocycles. The van der Waals surface area contributed by atoms with Gasteiger partial charge in [-0.1, -0.05) is 18.2 Å². The summed E-state index contributed by atoms with van der Waals surface area (Å²) in [6.07, 6.45) is -4.51. The first-order valence-electron chi connectivity index (χ1n) is 9.81. The number of ether oxygens (including phenoxy) is 2. The van der Waals surface area contributed by atoms with Gasteiger partial charge >= 0.3 is 12.2 Å². The van der Waals surface area contributed by atoms with Gasteiger partial charge in [-0.2, -0.15) is 18.3 Å². The number of benzene rings is 3. The highest BCUT2D eigenvalue weighted by Crippen LogP contribution is 2.31. The molecule has 0 radical (unpaired) electrons. The van der Waals surface area contributed by atoms with Gasteiger partial charge in [0.05, 0.1) is 18.2 Å². The van der Waals surface area contributed by atoms with E-state index in [9.17, 15) is 18.0 Å². The van der Waals surface area contributed by atoms with Crippen molar-refractivity contribution in [3.05, 3.63) is 77.9 Å². The third-order valence-electron chi connectivity index (χ3n) is 4.75. The van der Waals surface area contributed by atoms with Crippen molar-refractivity contribution in [1.82, 2.24) is 10.2 Å². The van der Waals surface area contributed by atoms with Crippen LogP contribution in [0.2, 0.25) is 0 Å². The Morgan fingerprint density at radius 1 is 1.00 bits per heavy atom. The molecule has 0 bridgehead atoms. The van der Waals surface area contributed by atoms with Crippen LogP contribution < -0.4 is 20.1 Å². The van der Waals surface area contributed by atoms with E-state index in [1.165, 1.54) is 12.1 Å². The van der Waals surface area contributed by atoms with E-state index in [1.807, 2.05) is 24.3 Å². The van der Waals surface area contributed by atoms with Crippen molar-refractivity contribution in [2.24, 2.45) is 0 Å². The number of carbonyl (C=O) groups excluding carboxylic acids is 1. The predicted octanol–water partition coefficient (Wildman–Crippen LogP) is 5.81. The van der Waals surface area contributed by atoms with Gasteiger partial charge in [0.1, 0.15) is 18.1 Å². The Labute approximate surface area is 186 Å². The summed E-state index contributed by atoms with van der Waals surface area (Å²) in [6.45, 7) is 0.305. The van der Waals surface area contributed by atoms with Gasteiger partial charge in [-0.25, -0.2) is 4.79 Å². The molecule has 0 aliphatic carbocycles. The Kier molecular flexibility index (Phi) is 6.07. The number of nitrogens with zero attached hydrogens (tertiary/aromatic N) is 1. The zero-order valence-corrected chi connectivity index (χ0v) is 17.4. The maximum Gasteiger partial charge on any atom is 0.416 e. The molecule has 0 atom stereocenters. The summed E-state index contributed by atoms with van der Waals surface area (Å²) in [5.74, 6) is 1.48. The van der Waals surface area contributed by atoms with Gasteiger partial charge in [-0.15, -0.1) is 0 Å². The molecule has 10 heteroatoms. The maximum atomic E-state index is 12.9. The summed E-state index contributed by atoms with van der Waals surface area (Å²) in [6, 6.07) is 16.3. The van der Waals surface area contributed by atoms with Crippen LogP contribution in [-0.2, 0) is 12.8 Å². The first-order valence-corrected chi connectivity index (χ1v) is 9.81. The molecular formula is C23H19F3N4O3. The van der Waals surface area contributed by atoms with Crippen LogP contribution in [0.4, 0.5) is 29.5 Å². The van der Waals surface area contributed by atoms with E-state index in [0.29, 0.717) is 23.3 Å². The molecule has 0 aliphatic rings. The Bertz CT molecular complexity index is 1290. The molecule has 3 aromatic carbocycles. The monoisotopic (exact) mass is 456 g/mol. The highest BCUT2D eigenvalue weighted by atomic mass is 19.4. The lowest BCUT2D eigenvalue weighted by atomic mass is 10.2. The van der Waals surface area contributed by atoms with Crippen LogP contribution in [0.1, 0.15) is 11.1 Å². The SMILES string of the molecule is COc1cccc(COc2ccc3[nH]nc(NC(=O)Nc4cccc(C(F)(F)F)c4)c3c2)c1. The molecule has 0 unspecified atom stereocenters. The highest BCUT2D eigenvalue weighted by Gasteiger charge is 2.30. The molecule has 3 N–H and O–H groups in total. The van der Waals surface area contributed by atoms with Gasteiger partial charge in [0.25, 0.3) is 0 Å². The number of aromatic amines is 1. The molecular weight excluding hydrogens is 437 g/mol. The number of nitrogens with one attached hydrogen (secondary N) is 3. The zero-order valence-electron chi connectivity index (χ0n) is 17.4. The molecule has 4 aromatic rings. The van der Waals surface area contributed by atoms with Crippen molar-refractivity contribution in [2.75, 3.05) is 17.7 Å². The molecule has 7 nitrogen and oxygen atoms in total. The third-order valence-corrected chi connectivity index (χ3v) is 4.75. The second-order valence-corrected chi connectivity index (χ2v) is 7.08. The Morgan fingerprint density at radius 2 is 1.82 bits per heavy atom. The topological polar surface area (TPSA) is 88.3 Å².